The summed E-state index contributed by atoms with van der Waals surface area (Å²) in [6.07, 6.45) is 0. The van der Waals surface area contributed by atoms with Crippen LogP contribution >= 0.6 is 11.6 Å². The number of anilines is 2. The van der Waals surface area contributed by atoms with Gasteiger partial charge in [0.05, 0.1) is 5.69 Å². The number of nitrogens with zero attached hydrogens (tertiary/aromatic N) is 3. The van der Waals surface area contributed by atoms with E-state index in [4.69, 9.17) is 16.9 Å². The molecular formula is C15H15ClN6O2. The fourth-order valence-corrected chi connectivity index (χ4v) is 2.28. The van der Waals surface area contributed by atoms with E-state index in [2.05, 4.69) is 21.3 Å². The molecular weight excluding hydrogens is 332 g/mol. The lowest BCUT2D eigenvalue weighted by atomic mass is 10.2. The summed E-state index contributed by atoms with van der Waals surface area (Å²) in [6, 6.07) is 6.87. The van der Waals surface area contributed by atoms with Crippen LogP contribution in [0.3, 0.4) is 0 Å². The second-order valence-corrected chi connectivity index (χ2v) is 5.47. The summed E-state index contributed by atoms with van der Waals surface area (Å²) in [4.78, 5) is 23.8. The number of nitrogens with one attached hydrogen (secondary N) is 3. The highest BCUT2D eigenvalue weighted by molar-refractivity contribution is 6.40. The molecule has 124 valence electrons. The summed E-state index contributed by atoms with van der Waals surface area (Å²) in [6.45, 7) is 3.43. The number of carbonyl (C=O) groups excluding carboxylic acids is 2. The molecule has 0 aliphatic rings. The Labute approximate surface area is 143 Å². The van der Waals surface area contributed by atoms with E-state index in [0.717, 1.165) is 5.56 Å². The molecule has 3 N–H and O–H groups in total. The summed E-state index contributed by atoms with van der Waals surface area (Å²) in [5.74, 6) is -1.48. The van der Waals surface area contributed by atoms with Gasteiger partial charge >= 0.3 is 11.8 Å². The molecule has 0 aliphatic heterocycles. The van der Waals surface area contributed by atoms with Gasteiger partial charge in [-0.05, 0) is 37.6 Å². The minimum absolute atomic E-state index is 0.284. The number of hydrogen-bond acceptors (Lipinski definition) is 5. The predicted molar refractivity (Wildman–Crippen MR) is 89.2 cm³/mol. The number of aromatic nitrogens is 2. The van der Waals surface area contributed by atoms with Gasteiger partial charge in [-0.25, -0.2) is 0 Å². The van der Waals surface area contributed by atoms with Gasteiger partial charge in [-0.3, -0.25) is 25.1 Å². The fourth-order valence-electron chi connectivity index (χ4n) is 2.05. The first-order chi connectivity index (χ1) is 11.3. The highest BCUT2D eigenvalue weighted by Crippen LogP contribution is 2.19. The van der Waals surface area contributed by atoms with Crippen LogP contribution in [-0.4, -0.2) is 21.6 Å². The van der Waals surface area contributed by atoms with E-state index in [0.29, 0.717) is 22.2 Å². The number of carbonyl (C=O) groups is 2. The fraction of sp³-hybridized carbons (Fsp3) is 0.200. The molecule has 2 amide bonds. The van der Waals surface area contributed by atoms with Gasteiger partial charge in [-0.2, -0.15) is 10.4 Å². The van der Waals surface area contributed by atoms with Crippen LogP contribution in [0.5, 0.6) is 0 Å². The maximum absolute atomic E-state index is 11.9. The van der Waals surface area contributed by atoms with Gasteiger partial charge in [0.1, 0.15) is 11.6 Å². The van der Waals surface area contributed by atoms with Crippen molar-refractivity contribution in [3.63, 3.8) is 0 Å². The molecule has 1 aromatic carbocycles. The van der Waals surface area contributed by atoms with E-state index in [1.165, 1.54) is 4.68 Å². The van der Waals surface area contributed by atoms with Gasteiger partial charge < -0.3 is 5.32 Å². The van der Waals surface area contributed by atoms with E-state index >= 15 is 0 Å². The first kappa shape index (κ1) is 17.3. The second-order valence-electron chi connectivity index (χ2n) is 5.04. The molecule has 1 aromatic heterocycles. The average molecular weight is 347 g/mol. The molecule has 0 radical (unpaired) electrons. The zero-order valence-electron chi connectivity index (χ0n) is 13.3. The molecule has 0 aliphatic carbocycles. The summed E-state index contributed by atoms with van der Waals surface area (Å²) in [7, 11) is 1.61. The minimum atomic E-state index is -0.910. The molecule has 24 heavy (non-hydrogen) atoms. The quantitative estimate of drug-likeness (QED) is 0.578. The molecule has 2 rings (SSSR count). The zero-order chi connectivity index (χ0) is 17.9. The molecule has 0 saturated carbocycles. The van der Waals surface area contributed by atoms with E-state index in [-0.39, 0.29) is 5.56 Å². The summed E-state index contributed by atoms with van der Waals surface area (Å²) in [5.41, 5.74) is 6.78. The molecule has 8 nitrogen and oxygen atoms in total. The van der Waals surface area contributed by atoms with Gasteiger partial charge in [0.15, 0.2) is 5.82 Å². The highest BCUT2D eigenvalue weighted by Gasteiger charge is 2.17. The molecule has 0 fully saturated rings. The van der Waals surface area contributed by atoms with Crippen molar-refractivity contribution in [3.05, 3.63) is 40.0 Å². The number of halogens is 1. The van der Waals surface area contributed by atoms with Crippen LogP contribution in [-0.2, 0) is 16.6 Å². The average Bonchev–Trinajstić information content (AvgIpc) is 2.80. The van der Waals surface area contributed by atoms with Crippen LogP contribution < -0.4 is 16.2 Å². The number of hydrogen-bond donors (Lipinski definition) is 3. The summed E-state index contributed by atoms with van der Waals surface area (Å²) < 4.78 is 1.40. The van der Waals surface area contributed by atoms with E-state index < -0.39 is 11.8 Å². The largest absolute Gasteiger partial charge is 0.327 e. The Morgan fingerprint density at radius 2 is 2.00 bits per heavy atom. The van der Waals surface area contributed by atoms with Crippen molar-refractivity contribution >= 4 is 34.9 Å². The lowest BCUT2D eigenvalue weighted by molar-refractivity contribution is -0.135. The van der Waals surface area contributed by atoms with Gasteiger partial charge in [-0.15, -0.1) is 0 Å². The van der Waals surface area contributed by atoms with Crippen molar-refractivity contribution in [3.8, 4) is 6.07 Å². The topological polar surface area (TPSA) is 112 Å². The minimum Gasteiger partial charge on any atom is -0.317 e. The predicted octanol–water partition coefficient (Wildman–Crippen LogP) is 1.64. The molecule has 2 aromatic rings. The third-order valence-electron chi connectivity index (χ3n) is 3.27. The van der Waals surface area contributed by atoms with Crippen molar-refractivity contribution < 1.29 is 9.59 Å². The second kappa shape index (κ2) is 7.02. The van der Waals surface area contributed by atoms with Crippen LogP contribution in [0.25, 0.3) is 0 Å². The van der Waals surface area contributed by atoms with Crippen LogP contribution in [0.2, 0.25) is 5.02 Å². The van der Waals surface area contributed by atoms with E-state index in [1.54, 1.807) is 39.1 Å². The third-order valence-corrected chi connectivity index (χ3v) is 3.51. The van der Waals surface area contributed by atoms with Gasteiger partial charge in [0.25, 0.3) is 0 Å². The molecule has 0 saturated heterocycles. The smallest absolute Gasteiger partial charge is 0.317 e. The Morgan fingerprint density at radius 1 is 1.29 bits per heavy atom. The van der Waals surface area contributed by atoms with Crippen molar-refractivity contribution in [1.29, 1.82) is 5.26 Å². The monoisotopic (exact) mass is 346 g/mol. The Morgan fingerprint density at radius 3 is 2.62 bits per heavy atom. The molecule has 1 heterocycles. The van der Waals surface area contributed by atoms with Crippen LogP contribution in [0.15, 0.2) is 18.2 Å². The van der Waals surface area contributed by atoms with Crippen molar-refractivity contribution in [2.75, 3.05) is 10.7 Å². The Bertz CT molecular complexity index is 852. The number of rotatable bonds is 3. The Hall–Kier alpha value is -3.05. The van der Waals surface area contributed by atoms with Gasteiger partial charge in [0, 0.05) is 17.8 Å². The number of hydrazine groups is 1. The van der Waals surface area contributed by atoms with E-state index in [1.807, 2.05) is 6.07 Å². The molecule has 0 atom stereocenters. The van der Waals surface area contributed by atoms with Crippen molar-refractivity contribution in [2.24, 2.45) is 7.05 Å². The zero-order valence-corrected chi connectivity index (χ0v) is 14.0. The Balaban J connectivity index is 2.03. The molecule has 0 spiro atoms. The van der Waals surface area contributed by atoms with Gasteiger partial charge in [-0.1, -0.05) is 11.6 Å². The maximum atomic E-state index is 11.9. The SMILES string of the molecule is Cc1cc(Cl)ccc1NC(=O)C(=O)NNc1c(C#N)c(C)nn1C. The third kappa shape index (κ3) is 3.64. The van der Waals surface area contributed by atoms with Crippen LogP contribution in [0.1, 0.15) is 16.8 Å². The van der Waals surface area contributed by atoms with Crippen molar-refractivity contribution in [1.82, 2.24) is 15.2 Å². The number of nitriles is 1. The maximum Gasteiger partial charge on any atom is 0.327 e. The summed E-state index contributed by atoms with van der Waals surface area (Å²) >= 11 is 5.84. The number of amides is 2. The lowest BCUT2D eigenvalue weighted by Crippen LogP contribution is -2.39. The normalized spacial score (nSPS) is 9.96. The molecule has 0 unspecified atom stereocenters. The summed E-state index contributed by atoms with van der Waals surface area (Å²) in [5, 5.41) is 16.2. The number of benzene rings is 1. The molecule has 9 heteroatoms. The molecule has 0 bridgehead atoms. The number of aryl methyl sites for hydroxylation is 3. The Kier molecular flexibility index (Phi) is 5.06. The van der Waals surface area contributed by atoms with Crippen LogP contribution in [0.4, 0.5) is 11.5 Å². The van der Waals surface area contributed by atoms with Crippen molar-refractivity contribution in [2.45, 2.75) is 13.8 Å². The van der Waals surface area contributed by atoms with E-state index in [9.17, 15) is 9.59 Å². The first-order valence-corrected chi connectivity index (χ1v) is 7.28. The van der Waals surface area contributed by atoms with Gasteiger partial charge in [0.2, 0.25) is 0 Å². The standard InChI is InChI=1S/C15H15ClN6O2/c1-8-6-10(16)4-5-12(8)18-14(23)15(24)20-19-13-11(7-17)9(2)21-22(13)3/h4-6,19H,1-3H3,(H,18,23)(H,20,24). The highest BCUT2D eigenvalue weighted by atomic mass is 35.5. The van der Waals surface area contributed by atoms with Crippen LogP contribution in [0, 0.1) is 25.2 Å². The lowest BCUT2D eigenvalue weighted by Gasteiger charge is -2.10. The first-order valence-electron chi connectivity index (χ1n) is 6.90.